The molecule has 0 aromatic carbocycles. The number of amides is 1. The van der Waals surface area contributed by atoms with Gasteiger partial charge < -0.3 is 30.5 Å². The third-order valence-corrected chi connectivity index (χ3v) is 2.27. The lowest BCUT2D eigenvalue weighted by molar-refractivity contribution is -0.261. The highest BCUT2D eigenvalue weighted by Crippen LogP contribution is 2.19. The number of rotatable bonds is 2. The Hall–Kier alpha value is -0.730. The molecule has 0 aliphatic carbocycles. The van der Waals surface area contributed by atoms with Gasteiger partial charge in [-0.15, -0.1) is 0 Å². The Morgan fingerprint density at radius 3 is 2.40 bits per heavy atom. The predicted molar refractivity (Wildman–Crippen MR) is 47.6 cm³/mol. The zero-order valence-corrected chi connectivity index (χ0v) is 8.20. The van der Waals surface area contributed by atoms with E-state index < -0.39 is 43.2 Å². The maximum atomic E-state index is 10.8. The number of aliphatic hydroxyl groups is 4. The molecule has 88 valence electrons. The third-order valence-electron chi connectivity index (χ3n) is 2.27. The lowest BCUT2D eigenvalue weighted by Crippen LogP contribution is -2.64. The molecule has 1 fully saturated rings. The van der Waals surface area contributed by atoms with Crippen molar-refractivity contribution in [3.8, 4) is 0 Å². The standard InChI is InChI=1S/C8H15NO6/c1-3(11)9-5-6(12)4(2-10)15-8(14)7(5)13/h4-8,10,12-14H,2H2,1H3,(H,9,11)/t4?,5-,6-,7?,8?/m1/s1. The SMILES string of the molecule is CC(=O)N[C@H]1C(O)C(O)OC(CO)[C@H]1O. The van der Waals surface area contributed by atoms with E-state index in [1.165, 1.54) is 6.92 Å². The minimum atomic E-state index is -1.54. The van der Waals surface area contributed by atoms with Crippen molar-refractivity contribution in [1.29, 1.82) is 0 Å². The molecule has 3 unspecified atom stereocenters. The second-order valence-corrected chi connectivity index (χ2v) is 3.46. The number of aliphatic hydroxyl groups excluding tert-OH is 4. The molecule has 0 radical (unpaired) electrons. The van der Waals surface area contributed by atoms with Crippen LogP contribution in [0.4, 0.5) is 0 Å². The van der Waals surface area contributed by atoms with Gasteiger partial charge in [-0.1, -0.05) is 0 Å². The zero-order valence-electron chi connectivity index (χ0n) is 8.20. The van der Waals surface area contributed by atoms with Gasteiger partial charge in [0.05, 0.1) is 12.6 Å². The van der Waals surface area contributed by atoms with Gasteiger partial charge in [0.15, 0.2) is 6.29 Å². The van der Waals surface area contributed by atoms with Crippen LogP contribution in [0.25, 0.3) is 0 Å². The van der Waals surface area contributed by atoms with Gasteiger partial charge in [0.25, 0.3) is 0 Å². The molecule has 5 atom stereocenters. The summed E-state index contributed by atoms with van der Waals surface area (Å²) in [5, 5.41) is 39.4. The second kappa shape index (κ2) is 4.86. The van der Waals surface area contributed by atoms with Crippen molar-refractivity contribution < 1.29 is 30.0 Å². The van der Waals surface area contributed by atoms with Crippen molar-refractivity contribution in [2.75, 3.05) is 6.61 Å². The van der Waals surface area contributed by atoms with E-state index in [4.69, 9.17) is 9.84 Å². The van der Waals surface area contributed by atoms with Crippen molar-refractivity contribution in [2.24, 2.45) is 0 Å². The molecular formula is C8H15NO6. The van der Waals surface area contributed by atoms with E-state index in [1.54, 1.807) is 0 Å². The largest absolute Gasteiger partial charge is 0.394 e. The highest BCUT2D eigenvalue weighted by atomic mass is 16.6. The van der Waals surface area contributed by atoms with Crippen molar-refractivity contribution in [1.82, 2.24) is 5.32 Å². The Bertz CT molecular complexity index is 235. The Kier molecular flexibility index (Phi) is 4.00. The fraction of sp³-hybridized carbons (Fsp3) is 0.875. The van der Waals surface area contributed by atoms with Gasteiger partial charge in [0.1, 0.15) is 18.3 Å². The molecule has 0 bridgehead atoms. The summed E-state index contributed by atoms with van der Waals surface area (Å²) < 4.78 is 4.73. The quantitative estimate of drug-likeness (QED) is 0.337. The predicted octanol–water partition coefficient (Wildman–Crippen LogP) is -3.08. The number of hydrogen-bond donors (Lipinski definition) is 5. The van der Waals surface area contributed by atoms with E-state index in [9.17, 15) is 20.1 Å². The molecule has 1 saturated heterocycles. The smallest absolute Gasteiger partial charge is 0.217 e. The monoisotopic (exact) mass is 221 g/mol. The number of hydrogen-bond acceptors (Lipinski definition) is 6. The maximum Gasteiger partial charge on any atom is 0.217 e. The molecule has 1 rings (SSSR count). The van der Waals surface area contributed by atoms with Crippen molar-refractivity contribution in [3.05, 3.63) is 0 Å². The topological polar surface area (TPSA) is 119 Å². The summed E-state index contributed by atoms with van der Waals surface area (Å²) in [6.45, 7) is 0.705. The van der Waals surface area contributed by atoms with Crippen molar-refractivity contribution >= 4 is 5.91 Å². The molecule has 1 amide bonds. The Morgan fingerprint density at radius 2 is 1.93 bits per heavy atom. The Morgan fingerprint density at radius 1 is 1.33 bits per heavy atom. The molecule has 0 spiro atoms. The summed E-state index contributed by atoms with van der Waals surface area (Å²) in [4.78, 5) is 10.8. The number of nitrogens with one attached hydrogen (secondary N) is 1. The van der Waals surface area contributed by atoms with Crippen LogP contribution in [0.2, 0.25) is 0 Å². The van der Waals surface area contributed by atoms with Crippen LogP contribution in [-0.4, -0.2) is 63.6 Å². The highest BCUT2D eigenvalue weighted by Gasteiger charge is 2.43. The van der Waals surface area contributed by atoms with E-state index in [-0.39, 0.29) is 0 Å². The fourth-order valence-electron chi connectivity index (χ4n) is 1.51. The summed E-state index contributed by atoms with van der Waals surface area (Å²) in [5.74, 6) is -0.455. The van der Waals surface area contributed by atoms with Gasteiger partial charge >= 0.3 is 0 Å². The molecule has 0 aromatic rings. The molecule has 1 aliphatic heterocycles. The van der Waals surface area contributed by atoms with Crippen LogP contribution < -0.4 is 5.32 Å². The summed E-state index contributed by atoms with van der Waals surface area (Å²) in [5.41, 5.74) is 0. The van der Waals surface area contributed by atoms with Crippen LogP contribution in [-0.2, 0) is 9.53 Å². The van der Waals surface area contributed by atoms with Crippen LogP contribution in [0, 0.1) is 0 Å². The van der Waals surface area contributed by atoms with E-state index in [0.29, 0.717) is 0 Å². The third kappa shape index (κ3) is 2.64. The van der Waals surface area contributed by atoms with Gasteiger partial charge in [0, 0.05) is 6.92 Å². The average Bonchev–Trinajstić information content (AvgIpc) is 2.18. The second-order valence-electron chi connectivity index (χ2n) is 3.46. The van der Waals surface area contributed by atoms with Gasteiger partial charge in [0.2, 0.25) is 5.91 Å². The van der Waals surface area contributed by atoms with Gasteiger partial charge in [-0.05, 0) is 0 Å². The molecule has 7 heteroatoms. The van der Waals surface area contributed by atoms with Crippen LogP contribution in [0.3, 0.4) is 0 Å². The summed E-state index contributed by atoms with van der Waals surface area (Å²) in [6.07, 6.45) is -5.26. The van der Waals surface area contributed by atoms with Gasteiger partial charge in [-0.3, -0.25) is 4.79 Å². The first-order chi connectivity index (χ1) is 6.97. The molecule has 1 heterocycles. The van der Waals surface area contributed by atoms with Crippen molar-refractivity contribution in [2.45, 2.75) is 37.6 Å². The van der Waals surface area contributed by atoms with Gasteiger partial charge in [-0.25, -0.2) is 0 Å². The maximum absolute atomic E-state index is 10.8. The van der Waals surface area contributed by atoms with E-state index in [2.05, 4.69) is 5.32 Å². The van der Waals surface area contributed by atoms with Crippen molar-refractivity contribution in [3.63, 3.8) is 0 Å². The number of carbonyl (C=O) groups is 1. The number of ether oxygens (including phenoxy) is 1. The summed E-state index contributed by atoms with van der Waals surface area (Å²) in [7, 11) is 0. The Labute approximate surface area is 86.3 Å². The Balaban J connectivity index is 2.74. The van der Waals surface area contributed by atoms with Crippen LogP contribution in [0.1, 0.15) is 6.92 Å². The average molecular weight is 221 g/mol. The molecule has 15 heavy (non-hydrogen) atoms. The molecular weight excluding hydrogens is 206 g/mol. The van der Waals surface area contributed by atoms with E-state index >= 15 is 0 Å². The normalized spacial score (nSPS) is 41.3. The first kappa shape index (κ1) is 12.3. The van der Waals surface area contributed by atoms with Gasteiger partial charge in [-0.2, -0.15) is 0 Å². The van der Waals surface area contributed by atoms with Crippen LogP contribution in [0.15, 0.2) is 0 Å². The van der Waals surface area contributed by atoms with E-state index in [1.807, 2.05) is 0 Å². The first-order valence-electron chi connectivity index (χ1n) is 4.55. The highest BCUT2D eigenvalue weighted by molar-refractivity contribution is 5.73. The minimum absolute atomic E-state index is 0.455. The summed E-state index contributed by atoms with van der Waals surface area (Å²) >= 11 is 0. The first-order valence-corrected chi connectivity index (χ1v) is 4.55. The molecule has 0 aromatic heterocycles. The zero-order chi connectivity index (χ0) is 11.6. The molecule has 1 aliphatic rings. The lowest BCUT2D eigenvalue weighted by atomic mass is 9.96. The lowest BCUT2D eigenvalue weighted by Gasteiger charge is -2.40. The molecule has 5 N–H and O–H groups in total. The minimum Gasteiger partial charge on any atom is -0.394 e. The fourth-order valence-corrected chi connectivity index (χ4v) is 1.51. The van der Waals surface area contributed by atoms with Crippen LogP contribution in [0.5, 0.6) is 0 Å². The number of carbonyl (C=O) groups excluding carboxylic acids is 1. The van der Waals surface area contributed by atoms with Crippen LogP contribution >= 0.6 is 0 Å². The molecule has 7 nitrogen and oxygen atoms in total. The van der Waals surface area contributed by atoms with E-state index in [0.717, 1.165) is 0 Å². The molecule has 0 saturated carbocycles. The summed E-state index contributed by atoms with van der Waals surface area (Å²) in [6, 6.07) is -1.05.